The molecule has 2 N–H and O–H groups in total. The number of ether oxygens (including phenoxy) is 1. The standard InChI is InChI=1S/C37H45F4N3O5/c1-20(2)12-30(44-19-25(10-11-43-17-21(3)18-43)28(15-32(44)45)37(39,40)41)36(48)42-29(16-33(46)47)27-14-26(13-23(5)35(27)38)34-22(4)8-9-31(49-7)24(34)6/h8-9,13-15,19-21,29-30H,10-12,16-18H2,1-7H3,(H,42,48)(H,46,47)/t29-,30?/m0/s1. The van der Waals surface area contributed by atoms with Crippen LogP contribution in [0.4, 0.5) is 17.6 Å². The van der Waals surface area contributed by atoms with Crippen molar-refractivity contribution in [1.29, 1.82) is 0 Å². The third kappa shape index (κ3) is 8.70. The van der Waals surface area contributed by atoms with Crippen LogP contribution < -0.4 is 15.6 Å². The van der Waals surface area contributed by atoms with Crippen molar-refractivity contribution < 1.29 is 37.0 Å². The van der Waals surface area contributed by atoms with Gasteiger partial charge in [0.05, 0.1) is 25.1 Å². The molecular weight excluding hydrogens is 642 g/mol. The number of carbonyl (C=O) groups excluding carboxylic acids is 1. The number of rotatable bonds is 13. The van der Waals surface area contributed by atoms with Crippen molar-refractivity contribution >= 4 is 11.9 Å². The summed E-state index contributed by atoms with van der Waals surface area (Å²) in [6.45, 7) is 12.8. The lowest BCUT2D eigenvalue weighted by Crippen LogP contribution is -2.46. The highest BCUT2D eigenvalue weighted by Crippen LogP contribution is 2.37. The molecule has 3 aromatic rings. The highest BCUT2D eigenvalue weighted by atomic mass is 19.4. The number of amides is 1. The minimum atomic E-state index is -4.78. The first-order valence-corrected chi connectivity index (χ1v) is 16.4. The van der Waals surface area contributed by atoms with E-state index >= 15 is 4.39 Å². The molecule has 4 rings (SSSR count). The SMILES string of the molecule is COc1ccc(C)c(-c2cc(C)c(F)c([C@H](CC(=O)O)NC(=O)C(CC(C)C)n3cc(CCN4CC(C)C4)c(C(F)(F)F)cc3=O)c2)c1C. The van der Waals surface area contributed by atoms with Crippen molar-refractivity contribution in [1.82, 2.24) is 14.8 Å². The number of pyridine rings is 1. The molecule has 0 saturated carbocycles. The molecule has 8 nitrogen and oxygen atoms in total. The largest absolute Gasteiger partial charge is 0.496 e. The molecule has 2 heterocycles. The Morgan fingerprint density at radius 1 is 1.08 bits per heavy atom. The van der Waals surface area contributed by atoms with E-state index in [-0.39, 0.29) is 35.4 Å². The lowest BCUT2D eigenvalue weighted by atomic mass is 9.90. The van der Waals surface area contributed by atoms with Crippen molar-refractivity contribution in [3.8, 4) is 16.9 Å². The number of nitrogens with zero attached hydrogens (tertiary/aromatic N) is 2. The van der Waals surface area contributed by atoms with Crippen molar-refractivity contribution in [3.63, 3.8) is 0 Å². The van der Waals surface area contributed by atoms with E-state index in [1.807, 2.05) is 30.9 Å². The maximum Gasteiger partial charge on any atom is 0.416 e. The van der Waals surface area contributed by atoms with Gasteiger partial charge in [-0.3, -0.25) is 14.4 Å². The van der Waals surface area contributed by atoms with Gasteiger partial charge in [-0.25, -0.2) is 4.39 Å². The maximum absolute atomic E-state index is 15.9. The summed E-state index contributed by atoms with van der Waals surface area (Å²) in [5, 5.41) is 12.5. The zero-order valence-corrected chi connectivity index (χ0v) is 29.0. The van der Waals surface area contributed by atoms with Crippen molar-refractivity contribution in [3.05, 3.63) is 86.1 Å². The highest BCUT2D eigenvalue weighted by molar-refractivity contribution is 5.82. The number of aryl methyl sites for hydroxylation is 2. The van der Waals surface area contributed by atoms with Gasteiger partial charge >= 0.3 is 12.1 Å². The Bertz CT molecular complexity index is 1760. The molecule has 1 unspecified atom stereocenters. The van der Waals surface area contributed by atoms with E-state index in [4.69, 9.17) is 4.74 Å². The van der Waals surface area contributed by atoms with Gasteiger partial charge in [0.1, 0.15) is 17.6 Å². The van der Waals surface area contributed by atoms with Gasteiger partial charge in [-0.2, -0.15) is 13.2 Å². The van der Waals surface area contributed by atoms with Crippen molar-refractivity contribution in [2.45, 2.75) is 79.1 Å². The maximum atomic E-state index is 15.9. The van der Waals surface area contributed by atoms with E-state index in [1.165, 1.54) is 13.2 Å². The van der Waals surface area contributed by atoms with Crippen molar-refractivity contribution in [2.75, 3.05) is 26.7 Å². The van der Waals surface area contributed by atoms with Gasteiger partial charge in [-0.05, 0) is 97.0 Å². The average molecular weight is 688 g/mol. The fourth-order valence-corrected chi connectivity index (χ4v) is 6.75. The Balaban J connectivity index is 1.78. The van der Waals surface area contributed by atoms with E-state index in [1.54, 1.807) is 26.8 Å². The second-order valence-corrected chi connectivity index (χ2v) is 13.7. The van der Waals surface area contributed by atoms with Gasteiger partial charge in [-0.15, -0.1) is 0 Å². The summed E-state index contributed by atoms with van der Waals surface area (Å²) in [5.74, 6) is -1.95. The second kappa shape index (κ2) is 15.1. The molecule has 0 bridgehead atoms. The third-order valence-electron chi connectivity index (χ3n) is 9.12. The van der Waals surface area contributed by atoms with Gasteiger partial charge in [-0.1, -0.05) is 26.8 Å². The number of methoxy groups -OCH3 is 1. The van der Waals surface area contributed by atoms with E-state index in [2.05, 4.69) is 12.2 Å². The fourth-order valence-electron chi connectivity index (χ4n) is 6.75. The molecule has 0 spiro atoms. The molecule has 1 fully saturated rings. The monoisotopic (exact) mass is 687 g/mol. The predicted octanol–water partition coefficient (Wildman–Crippen LogP) is 7.02. The molecule has 1 amide bonds. The van der Waals surface area contributed by atoms with Crippen LogP contribution in [0, 0.1) is 38.4 Å². The summed E-state index contributed by atoms with van der Waals surface area (Å²) >= 11 is 0. The first kappa shape index (κ1) is 37.6. The van der Waals surface area contributed by atoms with Gasteiger partial charge < -0.3 is 24.6 Å². The number of likely N-dealkylation sites (tertiary alicyclic amines) is 1. The Kier molecular flexibility index (Phi) is 11.6. The summed E-state index contributed by atoms with van der Waals surface area (Å²) in [5.41, 5.74) is 0.976. The molecule has 2 atom stereocenters. The number of nitrogens with one attached hydrogen (secondary N) is 1. The number of hydrogen-bond acceptors (Lipinski definition) is 5. The minimum Gasteiger partial charge on any atom is -0.496 e. The zero-order chi connectivity index (χ0) is 36.4. The van der Waals surface area contributed by atoms with Crippen molar-refractivity contribution in [2.24, 2.45) is 11.8 Å². The number of benzene rings is 2. The number of halogens is 4. The zero-order valence-electron chi connectivity index (χ0n) is 29.0. The number of carboxylic acid groups (broad SMARTS) is 1. The van der Waals surface area contributed by atoms with Crippen LogP contribution >= 0.6 is 0 Å². The topological polar surface area (TPSA) is 101 Å². The van der Waals surface area contributed by atoms with Crippen LogP contribution in [0.5, 0.6) is 5.75 Å². The van der Waals surface area contributed by atoms with E-state index < -0.39 is 53.5 Å². The Morgan fingerprint density at radius 3 is 2.33 bits per heavy atom. The van der Waals surface area contributed by atoms with Gasteiger partial charge in [0.2, 0.25) is 5.91 Å². The Labute approximate surface area is 284 Å². The molecule has 1 saturated heterocycles. The van der Waals surface area contributed by atoms with Crippen LogP contribution in [0.25, 0.3) is 11.1 Å². The summed E-state index contributed by atoms with van der Waals surface area (Å²) in [6, 6.07) is 4.68. The summed E-state index contributed by atoms with van der Waals surface area (Å²) in [4.78, 5) is 41.4. The van der Waals surface area contributed by atoms with Crippen LogP contribution in [-0.2, 0) is 22.2 Å². The van der Waals surface area contributed by atoms with Gasteiger partial charge in [0.25, 0.3) is 5.56 Å². The molecule has 266 valence electrons. The molecular formula is C37H45F4N3O5. The van der Waals surface area contributed by atoms with E-state index in [0.717, 1.165) is 40.5 Å². The summed E-state index contributed by atoms with van der Waals surface area (Å²) in [7, 11) is 1.53. The first-order valence-electron chi connectivity index (χ1n) is 16.4. The first-order chi connectivity index (χ1) is 22.9. The normalized spacial score (nSPS) is 15.2. The molecule has 1 aliphatic rings. The number of aliphatic carboxylic acids is 1. The Morgan fingerprint density at radius 2 is 1.76 bits per heavy atom. The number of carbonyl (C=O) groups is 2. The molecule has 1 aromatic heterocycles. The van der Waals surface area contributed by atoms with Gasteiger partial charge in [0, 0.05) is 37.5 Å². The predicted molar refractivity (Wildman–Crippen MR) is 179 cm³/mol. The molecule has 0 radical (unpaired) electrons. The molecule has 49 heavy (non-hydrogen) atoms. The van der Waals surface area contributed by atoms with Crippen LogP contribution in [0.15, 0.2) is 41.3 Å². The minimum absolute atomic E-state index is 0.0138. The van der Waals surface area contributed by atoms with E-state index in [9.17, 15) is 32.7 Å². The lowest BCUT2D eigenvalue weighted by Gasteiger charge is -2.37. The molecule has 12 heteroatoms. The second-order valence-electron chi connectivity index (χ2n) is 13.7. The molecule has 2 aromatic carbocycles. The van der Waals surface area contributed by atoms with Crippen LogP contribution in [0.1, 0.15) is 79.1 Å². The summed E-state index contributed by atoms with van der Waals surface area (Å²) in [6.07, 6.45) is -4.29. The van der Waals surface area contributed by atoms with Crippen LogP contribution in [-0.4, -0.2) is 53.2 Å². The molecule has 1 aliphatic heterocycles. The number of hydrogen-bond donors (Lipinski definition) is 2. The number of alkyl halides is 3. The average Bonchev–Trinajstić information content (AvgIpc) is 2.98. The smallest absolute Gasteiger partial charge is 0.416 e. The quantitative estimate of drug-likeness (QED) is 0.188. The Hall–Kier alpha value is -4.19. The number of carboxylic acids is 1. The highest BCUT2D eigenvalue weighted by Gasteiger charge is 2.36. The van der Waals surface area contributed by atoms with E-state index in [0.29, 0.717) is 29.8 Å². The number of aromatic nitrogens is 1. The van der Waals surface area contributed by atoms with Crippen LogP contribution in [0.3, 0.4) is 0 Å². The fraction of sp³-hybridized carbons (Fsp3) is 0.486. The van der Waals surface area contributed by atoms with Gasteiger partial charge in [0.15, 0.2) is 0 Å². The molecule has 0 aliphatic carbocycles. The lowest BCUT2D eigenvalue weighted by molar-refractivity contribution is -0.139. The third-order valence-corrected chi connectivity index (χ3v) is 9.12. The van der Waals surface area contributed by atoms with Crippen LogP contribution in [0.2, 0.25) is 0 Å². The summed E-state index contributed by atoms with van der Waals surface area (Å²) < 4.78 is 64.6.